The second-order valence-electron chi connectivity index (χ2n) is 6.48. The first-order valence-electron chi connectivity index (χ1n) is 8.07. The Morgan fingerprint density at radius 2 is 2.14 bits per heavy atom. The molecular formula is C18H24O3. The molecule has 21 heavy (non-hydrogen) atoms. The number of epoxide rings is 1. The summed E-state index contributed by atoms with van der Waals surface area (Å²) in [6.45, 7) is 4.36. The number of esters is 1. The molecule has 3 nitrogen and oxygen atoms in total. The van der Waals surface area contributed by atoms with Gasteiger partial charge in [-0.1, -0.05) is 38.0 Å². The number of hydrogen-bond acceptors (Lipinski definition) is 3. The summed E-state index contributed by atoms with van der Waals surface area (Å²) in [7, 11) is 0. The van der Waals surface area contributed by atoms with Crippen molar-refractivity contribution in [2.75, 3.05) is 0 Å². The van der Waals surface area contributed by atoms with Crippen molar-refractivity contribution >= 4 is 5.97 Å². The van der Waals surface area contributed by atoms with Crippen LogP contribution in [0.4, 0.5) is 0 Å². The number of ether oxygens (including phenoxy) is 2. The van der Waals surface area contributed by atoms with E-state index >= 15 is 0 Å². The maximum Gasteiger partial charge on any atom is 0.338 e. The van der Waals surface area contributed by atoms with Crippen LogP contribution in [-0.4, -0.2) is 23.3 Å². The highest BCUT2D eigenvalue weighted by Crippen LogP contribution is 2.60. The van der Waals surface area contributed by atoms with Gasteiger partial charge in [0.05, 0.1) is 11.2 Å². The van der Waals surface area contributed by atoms with E-state index in [9.17, 15) is 4.79 Å². The zero-order chi connectivity index (χ0) is 14.9. The highest BCUT2D eigenvalue weighted by molar-refractivity contribution is 5.89. The first-order chi connectivity index (χ1) is 10.1. The Bertz CT molecular complexity index is 512. The second kappa shape index (κ2) is 5.45. The third kappa shape index (κ3) is 2.48. The maximum atomic E-state index is 12.3. The molecule has 1 aliphatic heterocycles. The van der Waals surface area contributed by atoms with Gasteiger partial charge in [-0.3, -0.25) is 0 Å². The Labute approximate surface area is 126 Å². The van der Waals surface area contributed by atoms with Crippen LogP contribution in [0.15, 0.2) is 30.3 Å². The summed E-state index contributed by atoms with van der Waals surface area (Å²) >= 11 is 0. The first-order valence-corrected chi connectivity index (χ1v) is 8.07. The number of carbonyl (C=O) groups excluding carboxylic acids is 1. The van der Waals surface area contributed by atoms with E-state index in [-0.39, 0.29) is 23.3 Å². The number of hydrogen-bond donors (Lipinski definition) is 0. The number of fused-ring (bicyclic) bond motifs is 1. The molecule has 0 bridgehead atoms. The lowest BCUT2D eigenvalue weighted by Gasteiger charge is -2.31. The van der Waals surface area contributed by atoms with E-state index in [0.717, 1.165) is 38.5 Å². The molecule has 1 aromatic carbocycles. The van der Waals surface area contributed by atoms with Crippen molar-refractivity contribution in [2.45, 2.75) is 69.7 Å². The van der Waals surface area contributed by atoms with Crippen LogP contribution in [0.25, 0.3) is 0 Å². The minimum absolute atomic E-state index is 0.0813. The average molecular weight is 288 g/mol. The van der Waals surface area contributed by atoms with Crippen molar-refractivity contribution in [2.24, 2.45) is 0 Å². The molecule has 0 aromatic heterocycles. The summed E-state index contributed by atoms with van der Waals surface area (Å²) < 4.78 is 12.0. The molecule has 1 saturated carbocycles. The molecule has 3 rings (SSSR count). The molecule has 1 aliphatic carbocycles. The molecule has 3 atom stereocenters. The topological polar surface area (TPSA) is 38.8 Å². The van der Waals surface area contributed by atoms with Gasteiger partial charge in [-0.2, -0.15) is 0 Å². The highest BCUT2D eigenvalue weighted by Gasteiger charge is 2.72. The Kier molecular flexibility index (Phi) is 3.78. The van der Waals surface area contributed by atoms with E-state index in [1.807, 2.05) is 18.2 Å². The van der Waals surface area contributed by atoms with Crippen LogP contribution in [0.1, 0.15) is 62.7 Å². The molecule has 0 spiro atoms. The van der Waals surface area contributed by atoms with Crippen LogP contribution in [0, 0.1) is 0 Å². The fraction of sp³-hybridized carbons (Fsp3) is 0.611. The largest absolute Gasteiger partial charge is 0.456 e. The molecule has 0 N–H and O–H groups in total. The van der Waals surface area contributed by atoms with Gasteiger partial charge in [-0.15, -0.1) is 0 Å². The van der Waals surface area contributed by atoms with Crippen molar-refractivity contribution < 1.29 is 14.3 Å². The number of carbonyl (C=O) groups is 1. The Hall–Kier alpha value is -1.35. The molecule has 114 valence electrons. The molecule has 3 heteroatoms. The van der Waals surface area contributed by atoms with Crippen LogP contribution in [0.3, 0.4) is 0 Å². The summed E-state index contributed by atoms with van der Waals surface area (Å²) in [5.41, 5.74) is 0.310. The predicted molar refractivity (Wildman–Crippen MR) is 81.2 cm³/mol. The van der Waals surface area contributed by atoms with Gasteiger partial charge >= 0.3 is 5.97 Å². The minimum atomic E-state index is -0.230. The number of unbranched alkanes of at least 4 members (excludes halogenated alkanes) is 1. The van der Waals surface area contributed by atoms with Crippen molar-refractivity contribution in [1.29, 1.82) is 0 Å². The molecule has 2 aliphatic rings. The lowest BCUT2D eigenvalue weighted by molar-refractivity contribution is -0.00333. The van der Waals surface area contributed by atoms with Crippen molar-refractivity contribution in [3.8, 4) is 0 Å². The van der Waals surface area contributed by atoms with Gasteiger partial charge in [0.15, 0.2) is 0 Å². The summed E-state index contributed by atoms with van der Waals surface area (Å²) in [6, 6.07) is 9.24. The third-order valence-corrected chi connectivity index (χ3v) is 5.06. The second-order valence-corrected chi connectivity index (χ2v) is 6.48. The zero-order valence-electron chi connectivity index (χ0n) is 12.9. The SMILES string of the molecule is CCCC[C@]12O[C@@]1(C)CCC[C@H]2OC(=O)c1ccccc1. The minimum Gasteiger partial charge on any atom is -0.456 e. The normalized spacial score (nSPS) is 34.1. The Morgan fingerprint density at radius 3 is 2.86 bits per heavy atom. The monoisotopic (exact) mass is 288 g/mol. The molecule has 0 radical (unpaired) electrons. The Morgan fingerprint density at radius 1 is 1.38 bits per heavy atom. The fourth-order valence-corrected chi connectivity index (χ4v) is 3.74. The first kappa shape index (κ1) is 14.6. The molecule has 1 saturated heterocycles. The van der Waals surface area contributed by atoms with Crippen LogP contribution in [-0.2, 0) is 9.47 Å². The molecule has 2 fully saturated rings. The van der Waals surface area contributed by atoms with Crippen molar-refractivity contribution in [3.63, 3.8) is 0 Å². The van der Waals surface area contributed by atoms with Crippen LogP contribution >= 0.6 is 0 Å². The fourth-order valence-electron chi connectivity index (χ4n) is 3.74. The van der Waals surface area contributed by atoms with Gasteiger partial charge in [0.1, 0.15) is 11.7 Å². The van der Waals surface area contributed by atoms with Crippen LogP contribution in [0.2, 0.25) is 0 Å². The van der Waals surface area contributed by atoms with E-state index in [0.29, 0.717) is 5.56 Å². The number of benzene rings is 1. The van der Waals surface area contributed by atoms with Crippen LogP contribution in [0.5, 0.6) is 0 Å². The molecule has 0 amide bonds. The van der Waals surface area contributed by atoms with Crippen LogP contribution < -0.4 is 0 Å². The van der Waals surface area contributed by atoms with E-state index in [4.69, 9.17) is 9.47 Å². The standard InChI is InChI=1S/C18H24O3/c1-3-4-13-18-15(11-8-12-17(18,2)21-18)20-16(19)14-9-6-5-7-10-14/h5-7,9-10,15H,3-4,8,11-13H2,1-2H3/t15-,17+,18-/m1/s1. The maximum absolute atomic E-state index is 12.3. The smallest absolute Gasteiger partial charge is 0.338 e. The van der Waals surface area contributed by atoms with E-state index < -0.39 is 0 Å². The van der Waals surface area contributed by atoms with Crippen molar-refractivity contribution in [3.05, 3.63) is 35.9 Å². The van der Waals surface area contributed by atoms with Gasteiger partial charge in [0, 0.05) is 0 Å². The summed E-state index contributed by atoms with van der Waals surface area (Å²) in [6.07, 6.45) is 6.21. The third-order valence-electron chi connectivity index (χ3n) is 5.06. The lowest BCUT2D eigenvalue weighted by Crippen LogP contribution is -2.43. The van der Waals surface area contributed by atoms with Gasteiger partial charge in [0.2, 0.25) is 0 Å². The molecule has 0 unspecified atom stereocenters. The molecule has 1 aromatic rings. The summed E-state index contributed by atoms with van der Waals surface area (Å²) in [5.74, 6) is -0.226. The average Bonchev–Trinajstić information content (AvgIpc) is 3.13. The quantitative estimate of drug-likeness (QED) is 0.604. The van der Waals surface area contributed by atoms with E-state index in [1.54, 1.807) is 12.1 Å². The summed E-state index contributed by atoms with van der Waals surface area (Å²) in [4.78, 5) is 12.3. The van der Waals surface area contributed by atoms with Gasteiger partial charge < -0.3 is 9.47 Å². The van der Waals surface area contributed by atoms with Crippen molar-refractivity contribution in [1.82, 2.24) is 0 Å². The zero-order valence-corrected chi connectivity index (χ0v) is 12.9. The molecular weight excluding hydrogens is 264 g/mol. The van der Waals surface area contributed by atoms with E-state index in [1.165, 1.54) is 0 Å². The van der Waals surface area contributed by atoms with Gasteiger partial charge in [-0.05, 0) is 44.7 Å². The van der Waals surface area contributed by atoms with Gasteiger partial charge in [-0.25, -0.2) is 4.79 Å². The summed E-state index contributed by atoms with van der Waals surface area (Å²) in [5, 5.41) is 0. The molecule has 1 heterocycles. The number of rotatable bonds is 5. The van der Waals surface area contributed by atoms with E-state index in [2.05, 4.69) is 13.8 Å². The lowest BCUT2D eigenvalue weighted by atomic mass is 9.75. The highest BCUT2D eigenvalue weighted by atomic mass is 16.7. The Balaban J connectivity index is 1.73. The van der Waals surface area contributed by atoms with Gasteiger partial charge in [0.25, 0.3) is 0 Å². The predicted octanol–water partition coefficient (Wildman–Crippen LogP) is 4.11.